The van der Waals surface area contributed by atoms with Crippen LogP contribution in [0.3, 0.4) is 0 Å². The number of benzene rings is 1. The standard InChI is InChI=1S/C19H29N3O2S.HI/c1-3-25-19(9-12-23-13-10-19)14-21-18(20-2)22-16-8-11-24-17-7-5-4-6-15(16)17;/h4-7,16H,3,8-14H2,1-2H3,(H2,20,21,22);1H. The lowest BCUT2D eigenvalue weighted by Gasteiger charge is -2.37. The van der Waals surface area contributed by atoms with Gasteiger partial charge in [0.05, 0.1) is 12.6 Å². The normalized spacial score (nSPS) is 21.8. The predicted molar refractivity (Wildman–Crippen MR) is 120 cm³/mol. The first-order chi connectivity index (χ1) is 12.3. The van der Waals surface area contributed by atoms with Gasteiger partial charge in [0.2, 0.25) is 0 Å². The van der Waals surface area contributed by atoms with Gasteiger partial charge in [0, 0.05) is 43.5 Å². The average molecular weight is 491 g/mol. The van der Waals surface area contributed by atoms with E-state index in [1.165, 1.54) is 5.56 Å². The molecule has 0 aromatic heterocycles. The molecule has 0 radical (unpaired) electrons. The summed E-state index contributed by atoms with van der Waals surface area (Å²) in [5.41, 5.74) is 1.21. The molecular weight excluding hydrogens is 461 g/mol. The molecule has 2 aliphatic rings. The van der Waals surface area contributed by atoms with E-state index in [1.54, 1.807) is 0 Å². The Labute approximate surface area is 178 Å². The first-order valence-electron chi connectivity index (χ1n) is 9.17. The molecule has 0 saturated carbocycles. The Morgan fingerprint density at radius 1 is 1.27 bits per heavy atom. The highest BCUT2D eigenvalue weighted by atomic mass is 127. The van der Waals surface area contributed by atoms with Crippen LogP contribution in [0.5, 0.6) is 5.75 Å². The van der Waals surface area contributed by atoms with E-state index in [-0.39, 0.29) is 34.8 Å². The second-order valence-corrected chi connectivity index (χ2v) is 8.26. The van der Waals surface area contributed by atoms with Gasteiger partial charge in [-0.25, -0.2) is 0 Å². The van der Waals surface area contributed by atoms with Gasteiger partial charge in [0.15, 0.2) is 5.96 Å². The molecule has 1 aromatic carbocycles. The van der Waals surface area contributed by atoms with Crippen LogP contribution in [0.15, 0.2) is 29.3 Å². The number of ether oxygens (including phenoxy) is 2. The van der Waals surface area contributed by atoms with E-state index >= 15 is 0 Å². The van der Waals surface area contributed by atoms with Crippen LogP contribution in [0.1, 0.15) is 37.8 Å². The van der Waals surface area contributed by atoms with Crippen molar-refractivity contribution in [1.29, 1.82) is 0 Å². The smallest absolute Gasteiger partial charge is 0.191 e. The monoisotopic (exact) mass is 491 g/mol. The third-order valence-corrected chi connectivity index (χ3v) is 6.38. The largest absolute Gasteiger partial charge is 0.493 e. The minimum absolute atomic E-state index is 0. The summed E-state index contributed by atoms with van der Waals surface area (Å²) in [5.74, 6) is 2.97. The SMILES string of the molecule is CCSC1(CNC(=NC)NC2CCOc3ccccc32)CCOCC1.I. The molecule has 146 valence electrons. The molecule has 0 aliphatic carbocycles. The van der Waals surface area contributed by atoms with E-state index in [4.69, 9.17) is 9.47 Å². The predicted octanol–water partition coefficient (Wildman–Crippen LogP) is 3.60. The van der Waals surface area contributed by atoms with Gasteiger partial charge in [-0.15, -0.1) is 24.0 Å². The van der Waals surface area contributed by atoms with Crippen molar-refractivity contribution < 1.29 is 9.47 Å². The number of halogens is 1. The van der Waals surface area contributed by atoms with E-state index < -0.39 is 0 Å². The van der Waals surface area contributed by atoms with Crippen molar-refractivity contribution in [2.75, 3.05) is 39.2 Å². The van der Waals surface area contributed by atoms with Crippen LogP contribution in [-0.2, 0) is 4.74 Å². The van der Waals surface area contributed by atoms with Gasteiger partial charge in [-0.2, -0.15) is 11.8 Å². The number of para-hydroxylation sites is 1. The average Bonchev–Trinajstić information content (AvgIpc) is 2.66. The molecule has 1 saturated heterocycles. The molecule has 0 spiro atoms. The zero-order valence-electron chi connectivity index (χ0n) is 15.6. The topological polar surface area (TPSA) is 54.9 Å². The van der Waals surface area contributed by atoms with Crippen LogP contribution in [-0.4, -0.2) is 49.9 Å². The third-order valence-electron chi connectivity index (χ3n) is 4.93. The maximum Gasteiger partial charge on any atom is 0.191 e. The maximum absolute atomic E-state index is 5.75. The second kappa shape index (κ2) is 10.6. The number of hydrogen-bond acceptors (Lipinski definition) is 4. The van der Waals surface area contributed by atoms with Crippen LogP contribution >= 0.6 is 35.7 Å². The number of guanidine groups is 1. The van der Waals surface area contributed by atoms with E-state index in [0.717, 1.165) is 63.1 Å². The Kier molecular flexibility index (Phi) is 8.83. The third kappa shape index (κ3) is 5.42. The number of thioether (sulfide) groups is 1. The number of aliphatic imine (C=N–C) groups is 1. The molecule has 3 rings (SSSR count). The first-order valence-corrected chi connectivity index (χ1v) is 10.2. The Balaban J connectivity index is 0.00000243. The van der Waals surface area contributed by atoms with Crippen molar-refractivity contribution in [3.8, 4) is 5.75 Å². The number of fused-ring (bicyclic) bond motifs is 1. The van der Waals surface area contributed by atoms with Gasteiger partial charge in [0.1, 0.15) is 5.75 Å². The van der Waals surface area contributed by atoms with Crippen LogP contribution in [0.4, 0.5) is 0 Å². The molecule has 0 bridgehead atoms. The quantitative estimate of drug-likeness (QED) is 0.375. The van der Waals surface area contributed by atoms with Gasteiger partial charge in [-0.05, 0) is 24.7 Å². The summed E-state index contributed by atoms with van der Waals surface area (Å²) in [6, 6.07) is 8.49. The summed E-state index contributed by atoms with van der Waals surface area (Å²) in [5, 5.41) is 7.14. The molecule has 1 unspecified atom stereocenters. The fourth-order valence-electron chi connectivity index (χ4n) is 3.52. The van der Waals surface area contributed by atoms with Gasteiger partial charge >= 0.3 is 0 Å². The van der Waals surface area contributed by atoms with E-state index in [9.17, 15) is 0 Å². The summed E-state index contributed by atoms with van der Waals surface area (Å²) in [6.07, 6.45) is 3.13. The Morgan fingerprint density at radius 3 is 2.77 bits per heavy atom. The Bertz CT molecular complexity index is 588. The lowest BCUT2D eigenvalue weighted by molar-refractivity contribution is 0.0782. The van der Waals surface area contributed by atoms with Crippen molar-refractivity contribution in [3.63, 3.8) is 0 Å². The lowest BCUT2D eigenvalue weighted by atomic mass is 9.99. The van der Waals surface area contributed by atoms with Gasteiger partial charge in [-0.3, -0.25) is 4.99 Å². The summed E-state index contributed by atoms with van der Waals surface area (Å²) in [7, 11) is 1.84. The van der Waals surface area contributed by atoms with Crippen LogP contribution < -0.4 is 15.4 Å². The van der Waals surface area contributed by atoms with Crippen molar-refractivity contribution in [2.45, 2.75) is 37.0 Å². The minimum Gasteiger partial charge on any atom is -0.493 e. The Hall–Kier alpha value is -0.670. The highest BCUT2D eigenvalue weighted by Crippen LogP contribution is 2.35. The molecule has 0 amide bonds. The number of nitrogens with zero attached hydrogens (tertiary/aromatic N) is 1. The number of rotatable bonds is 5. The molecule has 2 N–H and O–H groups in total. The van der Waals surface area contributed by atoms with Gasteiger partial charge < -0.3 is 20.1 Å². The van der Waals surface area contributed by atoms with Gasteiger partial charge in [0.25, 0.3) is 0 Å². The Morgan fingerprint density at radius 2 is 2.04 bits per heavy atom. The van der Waals surface area contributed by atoms with E-state index in [2.05, 4.69) is 34.7 Å². The summed E-state index contributed by atoms with van der Waals surface area (Å²) < 4.78 is 11.6. The van der Waals surface area contributed by atoms with E-state index in [1.807, 2.05) is 30.9 Å². The zero-order chi connectivity index (χ0) is 17.5. The molecule has 5 nitrogen and oxygen atoms in total. The highest BCUT2D eigenvalue weighted by Gasteiger charge is 2.33. The molecular formula is C19H30IN3O2S. The van der Waals surface area contributed by atoms with Gasteiger partial charge in [-0.1, -0.05) is 25.1 Å². The molecule has 2 heterocycles. The van der Waals surface area contributed by atoms with Crippen molar-refractivity contribution in [3.05, 3.63) is 29.8 Å². The lowest BCUT2D eigenvalue weighted by Crippen LogP contribution is -2.49. The fraction of sp³-hybridized carbons (Fsp3) is 0.632. The molecule has 1 aromatic rings. The summed E-state index contributed by atoms with van der Waals surface area (Å²) >= 11 is 2.04. The molecule has 1 atom stereocenters. The molecule has 2 aliphatic heterocycles. The van der Waals surface area contributed by atoms with Crippen molar-refractivity contribution in [1.82, 2.24) is 10.6 Å². The fourth-order valence-corrected chi connectivity index (χ4v) is 4.76. The minimum atomic E-state index is 0. The summed E-state index contributed by atoms with van der Waals surface area (Å²) in [6.45, 7) is 5.59. The first kappa shape index (κ1) is 21.6. The molecule has 26 heavy (non-hydrogen) atoms. The van der Waals surface area contributed by atoms with Crippen molar-refractivity contribution >= 4 is 41.7 Å². The molecule has 7 heteroatoms. The second-order valence-electron chi connectivity index (χ2n) is 6.53. The summed E-state index contributed by atoms with van der Waals surface area (Å²) in [4.78, 5) is 4.44. The van der Waals surface area contributed by atoms with Crippen molar-refractivity contribution in [2.24, 2.45) is 4.99 Å². The molecule has 1 fully saturated rings. The van der Waals surface area contributed by atoms with Crippen LogP contribution in [0, 0.1) is 0 Å². The van der Waals surface area contributed by atoms with Crippen LogP contribution in [0.2, 0.25) is 0 Å². The maximum atomic E-state index is 5.75. The number of hydrogen-bond donors (Lipinski definition) is 2. The van der Waals surface area contributed by atoms with E-state index in [0.29, 0.717) is 0 Å². The highest BCUT2D eigenvalue weighted by molar-refractivity contribution is 14.0. The number of nitrogens with one attached hydrogen (secondary N) is 2. The van der Waals surface area contributed by atoms with Crippen LogP contribution in [0.25, 0.3) is 0 Å². The zero-order valence-corrected chi connectivity index (χ0v) is 18.8.